The maximum Gasteiger partial charge on any atom is 0.103 e. The summed E-state index contributed by atoms with van der Waals surface area (Å²) in [6.07, 6.45) is 6.00. The standard InChI is InChI=1S/C13H16N2O/c1-4-13-12(14-7-9-15(13)8-1)6-5-11-3-2-10-16-11/h1-4,8,10,12,14H,5-7,9H2/t12-/m1/s1. The third-order valence-electron chi connectivity index (χ3n) is 3.22. The lowest BCUT2D eigenvalue weighted by Gasteiger charge is -2.26. The first kappa shape index (κ1) is 9.73. The second-order valence-corrected chi connectivity index (χ2v) is 4.25. The Balaban J connectivity index is 1.69. The molecular weight excluding hydrogens is 200 g/mol. The zero-order valence-electron chi connectivity index (χ0n) is 9.23. The molecule has 0 saturated heterocycles. The van der Waals surface area contributed by atoms with E-state index in [0.29, 0.717) is 6.04 Å². The van der Waals surface area contributed by atoms with E-state index in [4.69, 9.17) is 4.42 Å². The number of rotatable bonds is 3. The molecule has 84 valence electrons. The highest BCUT2D eigenvalue weighted by Crippen LogP contribution is 2.22. The van der Waals surface area contributed by atoms with Gasteiger partial charge in [0.25, 0.3) is 0 Å². The van der Waals surface area contributed by atoms with Crippen LogP contribution in [-0.2, 0) is 13.0 Å². The maximum absolute atomic E-state index is 5.36. The molecule has 3 heteroatoms. The fraction of sp³-hybridized carbons (Fsp3) is 0.385. The topological polar surface area (TPSA) is 30.1 Å². The van der Waals surface area contributed by atoms with Crippen molar-refractivity contribution in [2.45, 2.75) is 25.4 Å². The van der Waals surface area contributed by atoms with Crippen LogP contribution in [0, 0.1) is 0 Å². The fourth-order valence-corrected chi connectivity index (χ4v) is 2.40. The van der Waals surface area contributed by atoms with E-state index < -0.39 is 0 Å². The predicted molar refractivity (Wildman–Crippen MR) is 62.2 cm³/mol. The van der Waals surface area contributed by atoms with Crippen molar-refractivity contribution in [3.63, 3.8) is 0 Å². The first-order valence-corrected chi connectivity index (χ1v) is 5.84. The highest BCUT2D eigenvalue weighted by Gasteiger charge is 2.18. The summed E-state index contributed by atoms with van der Waals surface area (Å²) in [5, 5.41) is 3.56. The summed E-state index contributed by atoms with van der Waals surface area (Å²) < 4.78 is 7.70. The van der Waals surface area contributed by atoms with Crippen LogP contribution >= 0.6 is 0 Å². The normalized spacial score (nSPS) is 19.6. The average molecular weight is 216 g/mol. The van der Waals surface area contributed by atoms with Crippen LogP contribution in [0.4, 0.5) is 0 Å². The summed E-state index contributed by atoms with van der Waals surface area (Å²) in [4.78, 5) is 0. The molecule has 0 aliphatic carbocycles. The molecule has 3 rings (SSSR count). The van der Waals surface area contributed by atoms with Crippen LogP contribution in [0.1, 0.15) is 23.9 Å². The number of fused-ring (bicyclic) bond motifs is 1. The molecule has 1 aliphatic rings. The van der Waals surface area contributed by atoms with Gasteiger partial charge in [0.2, 0.25) is 0 Å². The molecule has 0 fully saturated rings. The molecule has 0 spiro atoms. The molecule has 3 nitrogen and oxygen atoms in total. The first-order chi connectivity index (χ1) is 7.93. The Hall–Kier alpha value is -1.48. The lowest BCUT2D eigenvalue weighted by atomic mass is 10.1. The van der Waals surface area contributed by atoms with Crippen LogP contribution in [-0.4, -0.2) is 11.1 Å². The zero-order chi connectivity index (χ0) is 10.8. The summed E-state index contributed by atoms with van der Waals surface area (Å²) >= 11 is 0. The molecule has 2 aromatic rings. The van der Waals surface area contributed by atoms with E-state index in [1.807, 2.05) is 12.1 Å². The third-order valence-corrected chi connectivity index (χ3v) is 3.22. The van der Waals surface area contributed by atoms with Gasteiger partial charge in [0, 0.05) is 37.4 Å². The molecule has 0 aromatic carbocycles. The van der Waals surface area contributed by atoms with Crippen molar-refractivity contribution in [1.82, 2.24) is 9.88 Å². The third kappa shape index (κ3) is 1.78. The molecule has 16 heavy (non-hydrogen) atoms. The number of nitrogens with one attached hydrogen (secondary N) is 1. The van der Waals surface area contributed by atoms with Crippen molar-refractivity contribution < 1.29 is 4.42 Å². The summed E-state index contributed by atoms with van der Waals surface area (Å²) in [7, 11) is 0. The Morgan fingerprint density at radius 3 is 3.25 bits per heavy atom. The number of hydrogen-bond acceptors (Lipinski definition) is 2. The van der Waals surface area contributed by atoms with Gasteiger partial charge in [-0.1, -0.05) is 0 Å². The number of aromatic nitrogens is 1. The van der Waals surface area contributed by atoms with Crippen LogP contribution in [0.3, 0.4) is 0 Å². The number of furan rings is 1. The van der Waals surface area contributed by atoms with Crippen molar-refractivity contribution in [3.8, 4) is 0 Å². The van der Waals surface area contributed by atoms with E-state index in [1.165, 1.54) is 5.69 Å². The minimum Gasteiger partial charge on any atom is -0.469 e. The molecule has 0 amide bonds. The fourth-order valence-electron chi connectivity index (χ4n) is 2.40. The van der Waals surface area contributed by atoms with Gasteiger partial charge in [0.05, 0.1) is 6.26 Å². The summed E-state index contributed by atoms with van der Waals surface area (Å²) in [6, 6.07) is 8.80. The number of nitrogens with zero attached hydrogens (tertiary/aromatic N) is 1. The molecular formula is C13H16N2O. The number of hydrogen-bond donors (Lipinski definition) is 1. The molecule has 0 bridgehead atoms. The van der Waals surface area contributed by atoms with E-state index >= 15 is 0 Å². The van der Waals surface area contributed by atoms with E-state index in [0.717, 1.165) is 31.7 Å². The Bertz CT molecular complexity index is 444. The summed E-state index contributed by atoms with van der Waals surface area (Å²) in [5.74, 6) is 1.07. The molecule has 2 aromatic heterocycles. The minimum absolute atomic E-state index is 0.467. The van der Waals surface area contributed by atoms with Gasteiger partial charge in [-0.25, -0.2) is 0 Å². The summed E-state index contributed by atoms with van der Waals surface area (Å²) in [6.45, 7) is 2.14. The molecule has 0 radical (unpaired) electrons. The molecule has 0 saturated carbocycles. The molecule has 1 aliphatic heterocycles. The van der Waals surface area contributed by atoms with Gasteiger partial charge in [0.1, 0.15) is 5.76 Å². The predicted octanol–water partition coefficient (Wildman–Crippen LogP) is 2.36. The van der Waals surface area contributed by atoms with Crippen LogP contribution in [0.25, 0.3) is 0 Å². The van der Waals surface area contributed by atoms with Crippen LogP contribution < -0.4 is 5.32 Å². The average Bonchev–Trinajstić information content (AvgIpc) is 2.97. The second kappa shape index (κ2) is 4.18. The summed E-state index contributed by atoms with van der Waals surface area (Å²) in [5.41, 5.74) is 1.40. The lowest BCUT2D eigenvalue weighted by molar-refractivity contribution is 0.392. The van der Waals surface area contributed by atoms with E-state index in [9.17, 15) is 0 Å². The van der Waals surface area contributed by atoms with Gasteiger partial charge in [0.15, 0.2) is 0 Å². The van der Waals surface area contributed by atoms with Gasteiger partial charge in [-0.3, -0.25) is 0 Å². The molecule has 1 N–H and O–H groups in total. The van der Waals surface area contributed by atoms with Crippen LogP contribution in [0.5, 0.6) is 0 Å². The quantitative estimate of drug-likeness (QED) is 0.853. The largest absolute Gasteiger partial charge is 0.469 e. The van der Waals surface area contributed by atoms with Gasteiger partial charge < -0.3 is 14.3 Å². The maximum atomic E-state index is 5.36. The monoisotopic (exact) mass is 216 g/mol. The van der Waals surface area contributed by atoms with Crippen molar-refractivity contribution in [2.75, 3.05) is 6.54 Å². The number of aryl methyl sites for hydroxylation is 1. The SMILES string of the molecule is c1coc(CC[C@H]2NCCn3cccc32)c1. The van der Waals surface area contributed by atoms with E-state index in [1.54, 1.807) is 6.26 Å². The van der Waals surface area contributed by atoms with Gasteiger partial charge in [-0.15, -0.1) is 0 Å². The molecule has 3 heterocycles. The van der Waals surface area contributed by atoms with E-state index in [2.05, 4.69) is 28.2 Å². The Labute approximate surface area is 95.1 Å². The molecule has 0 unspecified atom stereocenters. The minimum atomic E-state index is 0.467. The first-order valence-electron chi connectivity index (χ1n) is 5.84. The van der Waals surface area contributed by atoms with Crippen molar-refractivity contribution in [2.24, 2.45) is 0 Å². The Morgan fingerprint density at radius 2 is 2.38 bits per heavy atom. The van der Waals surface area contributed by atoms with Crippen LogP contribution in [0.15, 0.2) is 41.1 Å². The van der Waals surface area contributed by atoms with Gasteiger partial charge in [-0.05, 0) is 30.7 Å². The Kier molecular flexibility index (Phi) is 2.54. The lowest BCUT2D eigenvalue weighted by Crippen LogP contribution is -2.33. The molecule has 1 atom stereocenters. The van der Waals surface area contributed by atoms with Crippen molar-refractivity contribution in [1.29, 1.82) is 0 Å². The highest BCUT2D eigenvalue weighted by atomic mass is 16.3. The van der Waals surface area contributed by atoms with Crippen LogP contribution in [0.2, 0.25) is 0 Å². The van der Waals surface area contributed by atoms with Crippen molar-refractivity contribution in [3.05, 3.63) is 48.2 Å². The highest BCUT2D eigenvalue weighted by molar-refractivity contribution is 5.14. The smallest absolute Gasteiger partial charge is 0.103 e. The van der Waals surface area contributed by atoms with Gasteiger partial charge >= 0.3 is 0 Å². The zero-order valence-corrected chi connectivity index (χ0v) is 9.23. The van der Waals surface area contributed by atoms with Crippen molar-refractivity contribution >= 4 is 0 Å². The Morgan fingerprint density at radius 1 is 1.38 bits per heavy atom. The van der Waals surface area contributed by atoms with E-state index in [-0.39, 0.29) is 0 Å². The van der Waals surface area contributed by atoms with Gasteiger partial charge in [-0.2, -0.15) is 0 Å². The second-order valence-electron chi connectivity index (χ2n) is 4.25.